The lowest BCUT2D eigenvalue weighted by atomic mass is 9.85. The van der Waals surface area contributed by atoms with Crippen LogP contribution in [0.5, 0.6) is 0 Å². The lowest BCUT2D eigenvalue weighted by Crippen LogP contribution is -2.11. The number of benzene rings is 7. The average molecular weight is 916 g/mol. The Bertz CT molecular complexity index is 3180. The molecular weight excluding hydrogens is 874 g/mol. The summed E-state index contributed by atoms with van der Waals surface area (Å²) in [4.78, 5) is 31.3. The zero-order valence-corrected chi connectivity index (χ0v) is 37.3. The highest BCUT2D eigenvalue weighted by Gasteiger charge is 2.23. The molecule has 300 valence electrons. The quantitative estimate of drug-likeness (QED) is 0.148. The highest BCUT2D eigenvalue weighted by atomic mass is 127. The van der Waals surface area contributed by atoms with Crippen molar-refractivity contribution in [2.75, 3.05) is 0 Å². The van der Waals surface area contributed by atoms with Gasteiger partial charge in [-0.2, -0.15) is 0 Å². The van der Waals surface area contributed by atoms with Crippen molar-refractivity contribution in [1.29, 1.82) is 0 Å². The molecule has 0 amide bonds. The topological polar surface area (TPSA) is 82.3 Å². The van der Waals surface area contributed by atoms with E-state index in [1.54, 1.807) is 0 Å². The van der Waals surface area contributed by atoms with Gasteiger partial charge in [-0.3, -0.25) is 0 Å². The monoisotopic (exact) mass is 915 g/mol. The van der Waals surface area contributed by atoms with Crippen molar-refractivity contribution in [3.05, 3.63) is 184 Å². The van der Waals surface area contributed by atoms with E-state index in [1.165, 1.54) is 5.56 Å². The number of para-hydroxylation sites is 2. The standard InChI is InChI=1S/C54H42IN7/c1-33-26-38(30-40(28-33)54(3,4)5)51-59-52(39-27-34(2)29-41(55)31-39)61-53(60-51)44-32-37(24-25-47(44)62-45-22-14-12-20-42(45)43-21-13-15-23-46(43)62)50-57-48(35-16-8-6-9-17-35)56-49(58-50)36-18-10-7-11-19-36/h6-32H,1-5H3. The third kappa shape index (κ3) is 7.55. The largest absolute Gasteiger partial charge is 0.309 e. The van der Waals surface area contributed by atoms with Crippen LogP contribution in [0.15, 0.2) is 164 Å². The van der Waals surface area contributed by atoms with Crippen LogP contribution in [0.1, 0.15) is 37.5 Å². The minimum Gasteiger partial charge on any atom is -0.309 e. The summed E-state index contributed by atoms with van der Waals surface area (Å²) in [7, 11) is 0. The van der Waals surface area contributed by atoms with Crippen LogP contribution in [-0.2, 0) is 5.41 Å². The molecule has 10 rings (SSSR count). The van der Waals surface area contributed by atoms with Gasteiger partial charge in [-0.1, -0.05) is 129 Å². The Morgan fingerprint density at radius 2 is 0.855 bits per heavy atom. The minimum absolute atomic E-state index is 0.0775. The van der Waals surface area contributed by atoms with Crippen molar-refractivity contribution < 1.29 is 0 Å². The Balaban J connectivity index is 1.29. The predicted octanol–water partition coefficient (Wildman–Crippen LogP) is 13.7. The van der Waals surface area contributed by atoms with E-state index < -0.39 is 0 Å². The maximum absolute atomic E-state index is 5.41. The number of rotatable bonds is 7. The van der Waals surface area contributed by atoms with Crippen molar-refractivity contribution in [3.8, 4) is 74.0 Å². The van der Waals surface area contributed by atoms with Crippen LogP contribution in [-0.4, -0.2) is 34.5 Å². The third-order valence-corrected chi connectivity index (χ3v) is 11.8. The first-order valence-corrected chi connectivity index (χ1v) is 21.8. The highest BCUT2D eigenvalue weighted by molar-refractivity contribution is 14.1. The predicted molar refractivity (Wildman–Crippen MR) is 261 cm³/mol. The fourth-order valence-corrected chi connectivity index (χ4v) is 8.96. The fourth-order valence-electron chi connectivity index (χ4n) is 8.13. The molecule has 0 bridgehead atoms. The maximum atomic E-state index is 5.41. The van der Waals surface area contributed by atoms with Crippen molar-refractivity contribution >= 4 is 44.4 Å². The molecule has 0 atom stereocenters. The van der Waals surface area contributed by atoms with E-state index in [4.69, 9.17) is 29.9 Å². The molecule has 0 saturated carbocycles. The van der Waals surface area contributed by atoms with E-state index >= 15 is 0 Å². The first-order chi connectivity index (χ1) is 30.1. The molecular formula is C54H42IN7. The zero-order valence-electron chi connectivity index (χ0n) is 35.1. The van der Waals surface area contributed by atoms with Crippen molar-refractivity contribution in [2.45, 2.75) is 40.0 Å². The van der Waals surface area contributed by atoms with Gasteiger partial charge < -0.3 is 4.57 Å². The number of hydrogen-bond acceptors (Lipinski definition) is 6. The van der Waals surface area contributed by atoms with Crippen LogP contribution >= 0.6 is 22.6 Å². The fraction of sp³-hybridized carbons (Fsp3) is 0.111. The lowest BCUT2D eigenvalue weighted by molar-refractivity contribution is 0.590. The summed E-state index contributed by atoms with van der Waals surface area (Å²) in [6, 6.07) is 56.7. The van der Waals surface area contributed by atoms with Gasteiger partial charge in [-0.25, -0.2) is 29.9 Å². The van der Waals surface area contributed by atoms with Crippen molar-refractivity contribution in [2.24, 2.45) is 0 Å². The molecule has 62 heavy (non-hydrogen) atoms. The van der Waals surface area contributed by atoms with E-state index in [-0.39, 0.29) is 5.41 Å². The van der Waals surface area contributed by atoms with Crippen LogP contribution < -0.4 is 0 Å². The SMILES string of the molecule is Cc1cc(I)cc(-c2nc(-c3cc(C)cc(C(C)(C)C)c3)nc(-c3cc(-c4nc(-c5ccccc5)nc(-c5ccccc5)n4)ccc3-n3c4ccccc4c4ccccc43)n2)c1. The Morgan fingerprint density at radius 3 is 1.39 bits per heavy atom. The molecule has 0 fully saturated rings. The Hall–Kier alpha value is -6.91. The molecule has 0 aliphatic heterocycles. The van der Waals surface area contributed by atoms with E-state index in [9.17, 15) is 0 Å². The minimum atomic E-state index is -0.0775. The van der Waals surface area contributed by atoms with Gasteiger partial charge in [0.2, 0.25) is 0 Å². The van der Waals surface area contributed by atoms with Gasteiger partial charge in [0.05, 0.1) is 16.7 Å². The summed E-state index contributed by atoms with van der Waals surface area (Å²) in [5.74, 6) is 3.48. The molecule has 0 radical (unpaired) electrons. The summed E-state index contributed by atoms with van der Waals surface area (Å²) in [5.41, 5.74) is 11.8. The lowest BCUT2D eigenvalue weighted by Gasteiger charge is -2.21. The zero-order chi connectivity index (χ0) is 42.5. The summed E-state index contributed by atoms with van der Waals surface area (Å²) < 4.78 is 3.43. The molecule has 3 heterocycles. The molecule has 0 N–H and O–H groups in total. The summed E-state index contributed by atoms with van der Waals surface area (Å²) in [6.45, 7) is 11.0. The van der Waals surface area contributed by atoms with Crippen LogP contribution in [0.3, 0.4) is 0 Å². The van der Waals surface area contributed by atoms with Crippen LogP contribution in [0.2, 0.25) is 0 Å². The van der Waals surface area contributed by atoms with E-state index in [0.29, 0.717) is 34.9 Å². The third-order valence-electron chi connectivity index (χ3n) is 11.2. The number of hydrogen-bond donors (Lipinski definition) is 0. The molecule has 0 aliphatic rings. The van der Waals surface area contributed by atoms with Crippen LogP contribution in [0.25, 0.3) is 95.8 Å². The van der Waals surface area contributed by atoms with Gasteiger partial charge in [0, 0.05) is 47.7 Å². The van der Waals surface area contributed by atoms with Gasteiger partial charge in [0.15, 0.2) is 34.9 Å². The average Bonchev–Trinajstić information content (AvgIpc) is 3.62. The van der Waals surface area contributed by atoms with Gasteiger partial charge in [0.25, 0.3) is 0 Å². The van der Waals surface area contributed by atoms with Gasteiger partial charge >= 0.3 is 0 Å². The Morgan fingerprint density at radius 1 is 0.403 bits per heavy atom. The Labute approximate surface area is 374 Å². The van der Waals surface area contributed by atoms with Gasteiger partial charge in [-0.15, -0.1) is 0 Å². The molecule has 0 spiro atoms. The van der Waals surface area contributed by atoms with E-state index in [2.05, 4.69) is 165 Å². The summed E-state index contributed by atoms with van der Waals surface area (Å²) in [5, 5.41) is 2.33. The first-order valence-electron chi connectivity index (χ1n) is 20.7. The molecule has 7 aromatic carbocycles. The Kier molecular flexibility index (Phi) is 10.0. The van der Waals surface area contributed by atoms with Crippen molar-refractivity contribution in [3.63, 3.8) is 0 Å². The van der Waals surface area contributed by atoms with Crippen LogP contribution in [0, 0.1) is 17.4 Å². The molecule has 0 saturated heterocycles. The van der Waals surface area contributed by atoms with Crippen molar-refractivity contribution in [1.82, 2.24) is 34.5 Å². The highest BCUT2D eigenvalue weighted by Crippen LogP contribution is 2.39. The summed E-state index contributed by atoms with van der Waals surface area (Å²) in [6.07, 6.45) is 0. The maximum Gasteiger partial charge on any atom is 0.166 e. The molecule has 10 aromatic rings. The molecule has 0 aliphatic carbocycles. The molecule has 3 aromatic heterocycles. The number of nitrogens with zero attached hydrogens (tertiary/aromatic N) is 7. The molecule has 7 nitrogen and oxygen atoms in total. The van der Waals surface area contributed by atoms with Gasteiger partial charge in [0.1, 0.15) is 0 Å². The number of halogens is 1. The number of aromatic nitrogens is 7. The van der Waals surface area contributed by atoms with Gasteiger partial charge in [-0.05, 0) is 114 Å². The molecule has 8 heteroatoms. The summed E-state index contributed by atoms with van der Waals surface area (Å²) >= 11 is 2.37. The molecule has 0 unspecified atom stereocenters. The second-order valence-electron chi connectivity index (χ2n) is 16.8. The normalized spacial score (nSPS) is 11.7. The van der Waals surface area contributed by atoms with Crippen LogP contribution in [0.4, 0.5) is 0 Å². The second kappa shape index (κ2) is 15.8. The van der Waals surface area contributed by atoms with E-state index in [0.717, 1.165) is 75.6 Å². The van der Waals surface area contributed by atoms with E-state index in [1.807, 2.05) is 60.7 Å². The second-order valence-corrected chi connectivity index (χ2v) is 18.0. The smallest absolute Gasteiger partial charge is 0.166 e. The number of fused-ring (bicyclic) bond motifs is 3. The first kappa shape index (κ1) is 39.2. The number of aryl methyl sites for hydroxylation is 2.